The molecule has 0 radical (unpaired) electrons. The number of rotatable bonds is 4. The molecule has 6 nitrogen and oxygen atoms in total. The van der Waals surface area contributed by atoms with Crippen molar-refractivity contribution in [1.82, 2.24) is 5.32 Å². The number of carboxylic acids is 1. The molecule has 1 unspecified atom stereocenters. The van der Waals surface area contributed by atoms with Gasteiger partial charge in [-0.25, -0.2) is 4.79 Å². The zero-order valence-electron chi connectivity index (χ0n) is 10.5. The molecule has 2 N–H and O–H groups in total. The molecule has 19 heavy (non-hydrogen) atoms. The van der Waals surface area contributed by atoms with E-state index in [4.69, 9.17) is 9.47 Å². The highest BCUT2D eigenvalue weighted by Crippen LogP contribution is 2.20. The molecule has 1 saturated heterocycles. The smallest absolute Gasteiger partial charge is 0.331 e. The molecule has 102 valence electrons. The summed E-state index contributed by atoms with van der Waals surface area (Å²) < 4.78 is 10.1. The first-order chi connectivity index (χ1) is 9.07. The minimum Gasteiger partial charge on any atom is -0.497 e. The number of carboxylic acid groups (broad SMARTS) is 1. The molecule has 0 aromatic heterocycles. The Kier molecular flexibility index (Phi) is 3.71. The van der Waals surface area contributed by atoms with Crippen molar-refractivity contribution in [3.05, 3.63) is 29.8 Å². The largest absolute Gasteiger partial charge is 0.497 e. The molecule has 6 heteroatoms. The Balaban J connectivity index is 2.13. The molecule has 1 aromatic carbocycles. The van der Waals surface area contributed by atoms with Gasteiger partial charge in [0.05, 0.1) is 13.7 Å². The lowest BCUT2D eigenvalue weighted by molar-refractivity contribution is -0.144. The average molecular weight is 265 g/mol. The van der Waals surface area contributed by atoms with Gasteiger partial charge < -0.3 is 19.9 Å². The quantitative estimate of drug-likeness (QED) is 0.835. The fraction of sp³-hybridized carbons (Fsp3) is 0.385. The maximum atomic E-state index is 12.0. The van der Waals surface area contributed by atoms with Gasteiger partial charge >= 0.3 is 5.97 Å². The van der Waals surface area contributed by atoms with E-state index in [1.54, 1.807) is 24.3 Å². The van der Waals surface area contributed by atoms with Gasteiger partial charge in [0.25, 0.3) is 5.91 Å². The first-order valence-electron chi connectivity index (χ1n) is 5.85. The molecule has 1 fully saturated rings. The Morgan fingerprint density at radius 1 is 1.37 bits per heavy atom. The number of methoxy groups -OCH3 is 1. The highest BCUT2D eigenvalue weighted by Gasteiger charge is 2.44. The van der Waals surface area contributed by atoms with Crippen molar-refractivity contribution in [3.8, 4) is 5.75 Å². The Labute approximate surface area is 110 Å². The van der Waals surface area contributed by atoms with Gasteiger partial charge in [0.15, 0.2) is 5.54 Å². The average Bonchev–Trinajstić information content (AvgIpc) is 2.88. The number of carbonyl (C=O) groups excluding carboxylic acids is 1. The summed E-state index contributed by atoms with van der Waals surface area (Å²) in [6, 6.07) is 6.46. The molecule has 0 bridgehead atoms. The first kappa shape index (κ1) is 13.4. The van der Waals surface area contributed by atoms with E-state index in [0.717, 1.165) is 0 Å². The fourth-order valence-electron chi connectivity index (χ4n) is 1.92. The highest BCUT2D eigenvalue weighted by molar-refractivity contribution is 5.98. The van der Waals surface area contributed by atoms with Crippen molar-refractivity contribution in [2.75, 3.05) is 20.3 Å². The predicted molar refractivity (Wildman–Crippen MR) is 66.3 cm³/mol. The van der Waals surface area contributed by atoms with Crippen LogP contribution in [-0.4, -0.2) is 42.8 Å². The Bertz CT molecular complexity index is 476. The van der Waals surface area contributed by atoms with Crippen molar-refractivity contribution < 1.29 is 24.2 Å². The molecule has 1 heterocycles. The van der Waals surface area contributed by atoms with Crippen molar-refractivity contribution >= 4 is 11.9 Å². The summed E-state index contributed by atoms with van der Waals surface area (Å²) in [6.07, 6.45) is 0.268. The normalized spacial score (nSPS) is 21.9. The van der Waals surface area contributed by atoms with Crippen LogP contribution in [0.3, 0.4) is 0 Å². The number of amides is 1. The topological polar surface area (TPSA) is 84.9 Å². The molecular weight excluding hydrogens is 250 g/mol. The molecule has 1 aliphatic heterocycles. The lowest BCUT2D eigenvalue weighted by Crippen LogP contribution is -2.55. The summed E-state index contributed by atoms with van der Waals surface area (Å²) >= 11 is 0. The van der Waals surface area contributed by atoms with Crippen LogP contribution in [0, 0.1) is 0 Å². The van der Waals surface area contributed by atoms with Crippen LogP contribution in [0.25, 0.3) is 0 Å². The molecular formula is C13H15NO5. The summed E-state index contributed by atoms with van der Waals surface area (Å²) in [6.45, 7) is 0.319. The zero-order chi connectivity index (χ0) is 13.9. The van der Waals surface area contributed by atoms with Gasteiger partial charge in [0, 0.05) is 18.6 Å². The Morgan fingerprint density at radius 2 is 2.05 bits per heavy atom. The predicted octanol–water partition coefficient (Wildman–Crippen LogP) is 0.669. The van der Waals surface area contributed by atoms with E-state index in [1.165, 1.54) is 7.11 Å². The Morgan fingerprint density at radius 3 is 2.53 bits per heavy atom. The summed E-state index contributed by atoms with van der Waals surface area (Å²) in [5, 5.41) is 11.8. The van der Waals surface area contributed by atoms with Gasteiger partial charge in [0.1, 0.15) is 5.75 Å². The van der Waals surface area contributed by atoms with Crippen molar-refractivity contribution in [1.29, 1.82) is 0 Å². The third kappa shape index (κ3) is 2.68. The summed E-state index contributed by atoms with van der Waals surface area (Å²) in [7, 11) is 1.53. The van der Waals surface area contributed by atoms with Gasteiger partial charge in [-0.05, 0) is 24.3 Å². The van der Waals surface area contributed by atoms with Crippen LogP contribution in [0.15, 0.2) is 24.3 Å². The summed E-state index contributed by atoms with van der Waals surface area (Å²) in [5.41, 5.74) is -0.940. The number of hydrogen-bond donors (Lipinski definition) is 2. The van der Waals surface area contributed by atoms with Crippen molar-refractivity contribution in [3.63, 3.8) is 0 Å². The van der Waals surface area contributed by atoms with Crippen LogP contribution in [0.4, 0.5) is 0 Å². The van der Waals surface area contributed by atoms with Crippen LogP contribution in [0.5, 0.6) is 5.75 Å². The van der Waals surface area contributed by atoms with E-state index < -0.39 is 17.4 Å². The van der Waals surface area contributed by atoms with Crippen LogP contribution >= 0.6 is 0 Å². The third-order valence-corrected chi connectivity index (χ3v) is 3.14. The second-order valence-electron chi connectivity index (χ2n) is 4.37. The minimum atomic E-state index is -1.32. The number of nitrogens with one attached hydrogen (secondary N) is 1. The molecule has 0 spiro atoms. The van der Waals surface area contributed by atoms with E-state index >= 15 is 0 Å². The molecule has 1 aliphatic rings. The molecule has 1 atom stereocenters. The van der Waals surface area contributed by atoms with Crippen molar-refractivity contribution in [2.24, 2.45) is 0 Å². The molecule has 0 aliphatic carbocycles. The van der Waals surface area contributed by atoms with E-state index in [0.29, 0.717) is 17.9 Å². The zero-order valence-corrected chi connectivity index (χ0v) is 10.5. The SMILES string of the molecule is COc1ccc(C(=O)NC2(C(=O)O)CCOC2)cc1. The Hall–Kier alpha value is -2.08. The molecule has 0 saturated carbocycles. The number of aliphatic carboxylic acids is 1. The maximum Gasteiger partial charge on any atom is 0.331 e. The van der Waals surface area contributed by atoms with Gasteiger partial charge in [-0.1, -0.05) is 0 Å². The van der Waals surface area contributed by atoms with Crippen LogP contribution in [0.2, 0.25) is 0 Å². The fourth-order valence-corrected chi connectivity index (χ4v) is 1.92. The van der Waals surface area contributed by atoms with E-state index in [2.05, 4.69) is 5.32 Å². The van der Waals surface area contributed by atoms with E-state index in [9.17, 15) is 14.7 Å². The number of ether oxygens (including phenoxy) is 2. The number of carbonyl (C=O) groups is 2. The van der Waals surface area contributed by atoms with Gasteiger partial charge in [-0.15, -0.1) is 0 Å². The molecule has 1 aromatic rings. The second-order valence-corrected chi connectivity index (χ2v) is 4.37. The van der Waals surface area contributed by atoms with Crippen LogP contribution in [-0.2, 0) is 9.53 Å². The number of benzene rings is 1. The molecule has 1 amide bonds. The minimum absolute atomic E-state index is 0.00969. The standard InChI is InChI=1S/C13H15NO5/c1-18-10-4-2-9(3-5-10)11(15)14-13(12(16)17)6-7-19-8-13/h2-5H,6-8H2,1H3,(H,14,15)(H,16,17). The van der Waals surface area contributed by atoms with Crippen LogP contribution in [0.1, 0.15) is 16.8 Å². The van der Waals surface area contributed by atoms with E-state index in [-0.39, 0.29) is 13.0 Å². The lowest BCUT2D eigenvalue weighted by Gasteiger charge is -2.23. The number of hydrogen-bond acceptors (Lipinski definition) is 4. The summed E-state index contributed by atoms with van der Waals surface area (Å²) in [4.78, 5) is 23.3. The lowest BCUT2D eigenvalue weighted by atomic mass is 9.98. The van der Waals surface area contributed by atoms with Gasteiger partial charge in [0.2, 0.25) is 0 Å². The summed E-state index contributed by atoms with van der Waals surface area (Å²) in [5.74, 6) is -0.879. The monoisotopic (exact) mass is 265 g/mol. The first-order valence-corrected chi connectivity index (χ1v) is 5.85. The van der Waals surface area contributed by atoms with Gasteiger partial charge in [-0.3, -0.25) is 4.79 Å². The second kappa shape index (κ2) is 5.27. The maximum absolute atomic E-state index is 12.0. The molecule has 2 rings (SSSR count). The van der Waals surface area contributed by atoms with Gasteiger partial charge in [-0.2, -0.15) is 0 Å². The van der Waals surface area contributed by atoms with E-state index in [1.807, 2.05) is 0 Å². The van der Waals surface area contributed by atoms with Crippen LogP contribution < -0.4 is 10.1 Å². The third-order valence-electron chi connectivity index (χ3n) is 3.14. The highest BCUT2D eigenvalue weighted by atomic mass is 16.5. The van der Waals surface area contributed by atoms with Crippen molar-refractivity contribution in [2.45, 2.75) is 12.0 Å².